The highest BCUT2D eigenvalue weighted by Gasteiger charge is 2.22. The van der Waals surface area contributed by atoms with E-state index in [-0.39, 0.29) is 0 Å². The summed E-state index contributed by atoms with van der Waals surface area (Å²) in [4.78, 5) is 0. The minimum atomic E-state index is 1.07. The van der Waals surface area contributed by atoms with Gasteiger partial charge < -0.3 is 22.8 Å². The van der Waals surface area contributed by atoms with Crippen LogP contribution in [0.25, 0.3) is 148 Å². The average molecular weight is 1010 g/mol. The van der Waals surface area contributed by atoms with Gasteiger partial charge in [0.25, 0.3) is 0 Å². The molecule has 5 nitrogen and oxygen atoms in total. The number of aromatic nitrogens is 5. The van der Waals surface area contributed by atoms with E-state index in [9.17, 15) is 0 Å². The molecule has 0 aliphatic rings. The van der Waals surface area contributed by atoms with Crippen LogP contribution in [0.5, 0.6) is 0 Å². The molecule has 4 heterocycles. The van der Waals surface area contributed by atoms with Gasteiger partial charge in [0, 0.05) is 70.8 Å². The fourth-order valence-corrected chi connectivity index (χ4v) is 13.3. The highest BCUT2D eigenvalue weighted by atomic mass is 15.1. The van der Waals surface area contributed by atoms with Crippen molar-refractivity contribution in [1.82, 2.24) is 22.8 Å². The van der Waals surface area contributed by atoms with Gasteiger partial charge in [-0.1, -0.05) is 170 Å². The molecular formula is C74H47N5. The summed E-state index contributed by atoms with van der Waals surface area (Å²) in [6, 6.07) is 106. The van der Waals surface area contributed by atoms with Crippen LogP contribution in [0.3, 0.4) is 0 Å². The Kier molecular flexibility index (Phi) is 9.35. The zero-order valence-electron chi connectivity index (χ0n) is 42.9. The monoisotopic (exact) mass is 1010 g/mol. The van der Waals surface area contributed by atoms with Gasteiger partial charge in [0.1, 0.15) is 0 Å². The fourth-order valence-electron chi connectivity index (χ4n) is 13.3. The van der Waals surface area contributed by atoms with E-state index in [4.69, 9.17) is 0 Å². The lowest BCUT2D eigenvalue weighted by Crippen LogP contribution is -2.02. The Hall–Kier alpha value is -10.6. The Morgan fingerprint density at radius 3 is 1.27 bits per heavy atom. The van der Waals surface area contributed by atoms with Crippen LogP contribution in [-0.4, -0.2) is 22.8 Å². The van der Waals surface area contributed by atoms with Crippen molar-refractivity contribution < 1.29 is 0 Å². The molecule has 17 rings (SSSR count). The molecule has 0 spiro atoms. The normalized spacial score (nSPS) is 12.1. The Bertz CT molecular complexity index is 5440. The number of benzene rings is 13. The van der Waals surface area contributed by atoms with E-state index in [2.05, 4.69) is 308 Å². The Balaban J connectivity index is 1.03. The molecule has 4 aromatic heterocycles. The first-order chi connectivity index (χ1) is 39.2. The average Bonchev–Trinajstić information content (AvgIpc) is 4.20. The third kappa shape index (κ3) is 6.45. The summed E-state index contributed by atoms with van der Waals surface area (Å²) in [6.45, 7) is 0. The number of fused-ring (bicyclic) bond motifs is 15. The van der Waals surface area contributed by atoms with E-state index in [1.165, 1.54) is 59.5 Å². The molecule has 5 heteroatoms. The molecule has 368 valence electrons. The smallest absolute Gasteiger partial charge is 0.0782 e. The van der Waals surface area contributed by atoms with Crippen molar-refractivity contribution in [2.24, 2.45) is 0 Å². The zero-order valence-corrected chi connectivity index (χ0v) is 42.9. The molecule has 8 bridgehead atoms. The summed E-state index contributed by atoms with van der Waals surface area (Å²) in [5, 5.41) is 14.2. The summed E-state index contributed by atoms with van der Waals surface area (Å²) in [7, 11) is 0. The van der Waals surface area contributed by atoms with Gasteiger partial charge in [-0.05, 0) is 137 Å². The summed E-state index contributed by atoms with van der Waals surface area (Å²) in [6.07, 6.45) is 0. The van der Waals surface area contributed by atoms with Gasteiger partial charge in [-0.2, -0.15) is 0 Å². The molecule has 0 fully saturated rings. The number of hydrogen-bond acceptors (Lipinski definition) is 0. The number of para-hydroxylation sites is 4. The maximum absolute atomic E-state index is 2.50. The summed E-state index contributed by atoms with van der Waals surface area (Å²) < 4.78 is 12.4. The van der Waals surface area contributed by atoms with Crippen molar-refractivity contribution in [1.29, 1.82) is 0 Å². The lowest BCUT2D eigenvalue weighted by molar-refractivity contribution is 1.13. The van der Waals surface area contributed by atoms with Crippen LogP contribution >= 0.6 is 0 Å². The quantitative estimate of drug-likeness (QED) is 0.164. The lowest BCUT2D eigenvalue weighted by Gasteiger charge is -2.17. The van der Waals surface area contributed by atoms with E-state index in [1.807, 2.05) is 0 Å². The number of rotatable bonds is 5. The zero-order chi connectivity index (χ0) is 51.7. The highest BCUT2D eigenvalue weighted by molar-refractivity contribution is 6.17. The Morgan fingerprint density at radius 1 is 0.190 bits per heavy atom. The van der Waals surface area contributed by atoms with Crippen LogP contribution < -0.4 is 0 Å². The minimum Gasteiger partial charge on any atom is -0.310 e. The predicted octanol–water partition coefficient (Wildman–Crippen LogP) is 19.4. The largest absolute Gasteiger partial charge is 0.310 e. The molecule has 0 aliphatic heterocycles. The second-order valence-corrected chi connectivity index (χ2v) is 20.9. The molecule has 0 atom stereocenters. The molecule has 0 amide bonds. The van der Waals surface area contributed by atoms with Crippen molar-refractivity contribution in [3.63, 3.8) is 0 Å². The first kappa shape index (κ1) is 43.6. The van der Waals surface area contributed by atoms with E-state index in [0.29, 0.717) is 0 Å². The van der Waals surface area contributed by atoms with Crippen LogP contribution in [0, 0.1) is 0 Å². The molecular weight excluding hydrogens is 959 g/mol. The minimum absolute atomic E-state index is 1.07. The van der Waals surface area contributed by atoms with Gasteiger partial charge in [-0.15, -0.1) is 0 Å². The van der Waals surface area contributed by atoms with Gasteiger partial charge in [0.15, 0.2) is 0 Å². The number of hydrogen-bond donors (Lipinski definition) is 0. The van der Waals surface area contributed by atoms with Crippen molar-refractivity contribution in [2.75, 3.05) is 0 Å². The lowest BCUT2D eigenvalue weighted by atomic mass is 10.1. The SMILES string of the molecule is c1ccc(-n2c3ccc4cc3c3cc(ccc32)n(-c2cccc3c5ccccc5n(-c5cccc6ccccc56)c23)c2cccc(c2)c2cccc(c2)n4-c2cccc3c2c2ccccc2n3-c2cccc3ccccc23)cc1. The van der Waals surface area contributed by atoms with Crippen molar-refractivity contribution in [2.45, 2.75) is 0 Å². The van der Waals surface area contributed by atoms with Crippen LogP contribution in [-0.2, 0) is 0 Å². The Morgan fingerprint density at radius 2 is 0.608 bits per heavy atom. The summed E-state index contributed by atoms with van der Waals surface area (Å²) >= 11 is 0. The molecule has 17 aromatic rings. The van der Waals surface area contributed by atoms with Gasteiger partial charge in [0.05, 0.1) is 55.8 Å². The summed E-state index contributed by atoms with van der Waals surface area (Å²) in [5.74, 6) is 0. The highest BCUT2D eigenvalue weighted by Crippen LogP contribution is 2.43. The first-order valence-corrected chi connectivity index (χ1v) is 27.2. The molecule has 0 saturated heterocycles. The maximum atomic E-state index is 2.50. The van der Waals surface area contributed by atoms with E-state index in [1.54, 1.807) is 0 Å². The van der Waals surface area contributed by atoms with Crippen molar-refractivity contribution >= 4 is 120 Å². The topological polar surface area (TPSA) is 24.6 Å². The molecule has 0 aliphatic carbocycles. The van der Waals surface area contributed by atoms with Gasteiger partial charge >= 0.3 is 0 Å². The summed E-state index contributed by atoms with van der Waals surface area (Å²) in [5.41, 5.74) is 16.8. The molecule has 79 heavy (non-hydrogen) atoms. The predicted molar refractivity (Wildman–Crippen MR) is 333 cm³/mol. The van der Waals surface area contributed by atoms with Crippen molar-refractivity contribution in [3.05, 3.63) is 285 Å². The second kappa shape index (κ2) is 16.9. The second-order valence-electron chi connectivity index (χ2n) is 20.9. The standard InChI is InChI=1S/C74H47N5/c1-2-24-52(25-3-1)77-68-42-40-55-46-62(68)63-47-56(41-43-69(63)77)76(72-39-16-32-60-59-30-8-10-33-66(59)79(74(60)72)65-36-15-21-49-19-5-7-29-58(49)65)54-27-13-23-51(45-54)50-22-12-26-53(44-50)75(55)70-37-17-38-71-73(70)61-31-9-11-34-67(61)78(71)64-35-14-20-48-18-4-6-28-57(48)64/h1-47H. The molecule has 0 saturated carbocycles. The van der Waals surface area contributed by atoms with Crippen LogP contribution in [0.1, 0.15) is 0 Å². The maximum Gasteiger partial charge on any atom is 0.0782 e. The number of nitrogens with zero attached hydrogens (tertiary/aromatic N) is 5. The third-order valence-electron chi connectivity index (χ3n) is 16.7. The van der Waals surface area contributed by atoms with Gasteiger partial charge in [-0.25, -0.2) is 0 Å². The molecule has 0 unspecified atom stereocenters. The van der Waals surface area contributed by atoms with Crippen molar-refractivity contribution in [3.8, 4) is 28.4 Å². The molecule has 0 N–H and O–H groups in total. The Labute approximate surface area is 453 Å². The van der Waals surface area contributed by atoms with E-state index in [0.717, 1.165) is 88.7 Å². The van der Waals surface area contributed by atoms with E-state index < -0.39 is 0 Å². The van der Waals surface area contributed by atoms with Gasteiger partial charge in [0.2, 0.25) is 0 Å². The van der Waals surface area contributed by atoms with Gasteiger partial charge in [-0.3, -0.25) is 0 Å². The molecule has 13 aromatic carbocycles. The first-order valence-electron chi connectivity index (χ1n) is 27.2. The van der Waals surface area contributed by atoms with E-state index >= 15 is 0 Å². The third-order valence-corrected chi connectivity index (χ3v) is 16.7. The fraction of sp³-hybridized carbons (Fsp3) is 0. The van der Waals surface area contributed by atoms with Crippen LogP contribution in [0.2, 0.25) is 0 Å². The molecule has 0 radical (unpaired) electrons. The van der Waals surface area contributed by atoms with Crippen LogP contribution in [0.4, 0.5) is 0 Å². The van der Waals surface area contributed by atoms with Crippen LogP contribution in [0.15, 0.2) is 285 Å².